The van der Waals surface area contributed by atoms with E-state index in [0.29, 0.717) is 18.1 Å². The fourth-order valence-electron chi connectivity index (χ4n) is 1.46. The molecule has 82 valence electrons. The van der Waals surface area contributed by atoms with Crippen LogP contribution in [0, 0.1) is 18.3 Å². The van der Waals surface area contributed by atoms with Gasteiger partial charge in [0.25, 0.3) is 5.82 Å². The van der Waals surface area contributed by atoms with Crippen LogP contribution in [0.3, 0.4) is 0 Å². The van der Waals surface area contributed by atoms with E-state index < -0.39 is 0 Å². The Morgan fingerprint density at radius 3 is 2.81 bits per heavy atom. The Balaban J connectivity index is 2.59. The third-order valence-electron chi connectivity index (χ3n) is 2.25. The summed E-state index contributed by atoms with van der Waals surface area (Å²) in [7, 11) is 0. The molecule has 0 spiro atoms. The minimum absolute atomic E-state index is 0.112. The van der Waals surface area contributed by atoms with E-state index in [1.165, 1.54) is 11.0 Å². The highest BCUT2D eigenvalue weighted by Crippen LogP contribution is 2.19. The maximum absolute atomic E-state index is 8.66. The molecule has 0 aliphatic rings. The van der Waals surface area contributed by atoms with Crippen molar-refractivity contribution < 1.29 is 0 Å². The molecular weight excluding hydrogens is 206 g/mol. The first-order valence-electron chi connectivity index (χ1n) is 4.82. The van der Waals surface area contributed by atoms with Gasteiger partial charge in [-0.2, -0.15) is 15.0 Å². The molecule has 0 unspecified atom stereocenters. The Morgan fingerprint density at radius 1 is 1.50 bits per heavy atom. The molecule has 0 aliphatic carbocycles. The van der Waals surface area contributed by atoms with Gasteiger partial charge in [-0.25, -0.2) is 9.67 Å². The van der Waals surface area contributed by atoms with Crippen LogP contribution >= 0.6 is 0 Å². The Bertz CT molecular complexity index is 557. The maximum atomic E-state index is 8.66. The molecule has 0 atom stereocenters. The number of nitriles is 1. The van der Waals surface area contributed by atoms with E-state index in [2.05, 4.69) is 15.2 Å². The SMILES string of the molecule is CCn1nc(C)c(N)c1-n1cnc(C#N)n1. The van der Waals surface area contributed by atoms with Crippen LogP contribution in [0.15, 0.2) is 6.33 Å². The molecule has 2 rings (SSSR count). The lowest BCUT2D eigenvalue weighted by molar-refractivity contribution is 0.617. The van der Waals surface area contributed by atoms with Crippen LogP contribution in [0.25, 0.3) is 5.82 Å². The highest BCUT2D eigenvalue weighted by molar-refractivity contribution is 5.56. The van der Waals surface area contributed by atoms with Gasteiger partial charge in [0, 0.05) is 6.54 Å². The number of hydrogen-bond donors (Lipinski definition) is 1. The fraction of sp³-hybridized carbons (Fsp3) is 0.333. The van der Waals surface area contributed by atoms with Crippen LogP contribution in [0.2, 0.25) is 0 Å². The second-order valence-corrected chi connectivity index (χ2v) is 3.26. The highest BCUT2D eigenvalue weighted by atomic mass is 15.4. The summed E-state index contributed by atoms with van der Waals surface area (Å²) in [6, 6.07) is 1.87. The smallest absolute Gasteiger partial charge is 0.252 e. The molecule has 0 saturated carbocycles. The van der Waals surface area contributed by atoms with Crippen molar-refractivity contribution in [3.05, 3.63) is 17.8 Å². The predicted octanol–water partition coefficient (Wildman–Crippen LogP) is 0.246. The molecule has 7 heteroatoms. The number of nitrogens with zero attached hydrogens (tertiary/aromatic N) is 6. The predicted molar refractivity (Wildman–Crippen MR) is 56.7 cm³/mol. The van der Waals surface area contributed by atoms with E-state index >= 15 is 0 Å². The number of nitrogens with two attached hydrogens (primary N) is 1. The van der Waals surface area contributed by atoms with Crippen LogP contribution in [0.1, 0.15) is 18.4 Å². The van der Waals surface area contributed by atoms with E-state index in [-0.39, 0.29) is 5.82 Å². The summed E-state index contributed by atoms with van der Waals surface area (Å²) in [4.78, 5) is 3.83. The number of anilines is 1. The van der Waals surface area contributed by atoms with E-state index in [1.807, 2.05) is 19.9 Å². The summed E-state index contributed by atoms with van der Waals surface area (Å²) in [6.45, 7) is 4.46. The number of aryl methyl sites for hydroxylation is 2. The van der Waals surface area contributed by atoms with Gasteiger partial charge in [-0.3, -0.25) is 0 Å². The highest BCUT2D eigenvalue weighted by Gasteiger charge is 2.14. The largest absolute Gasteiger partial charge is 0.394 e. The Hall–Kier alpha value is -2.36. The molecule has 0 saturated heterocycles. The van der Waals surface area contributed by atoms with E-state index in [4.69, 9.17) is 11.0 Å². The van der Waals surface area contributed by atoms with Gasteiger partial charge < -0.3 is 5.73 Å². The summed E-state index contributed by atoms with van der Waals surface area (Å²) in [5.41, 5.74) is 7.20. The Labute approximate surface area is 92.1 Å². The second-order valence-electron chi connectivity index (χ2n) is 3.26. The maximum Gasteiger partial charge on any atom is 0.252 e. The van der Waals surface area contributed by atoms with Crippen molar-refractivity contribution in [1.29, 1.82) is 5.26 Å². The van der Waals surface area contributed by atoms with Crippen molar-refractivity contribution in [2.45, 2.75) is 20.4 Å². The number of nitrogen functional groups attached to an aromatic ring is 1. The first-order chi connectivity index (χ1) is 7.67. The Morgan fingerprint density at radius 2 is 2.25 bits per heavy atom. The second kappa shape index (κ2) is 3.66. The van der Waals surface area contributed by atoms with Crippen LogP contribution in [-0.4, -0.2) is 24.5 Å². The summed E-state index contributed by atoms with van der Waals surface area (Å²) >= 11 is 0. The Kier molecular flexibility index (Phi) is 2.32. The molecule has 16 heavy (non-hydrogen) atoms. The lowest BCUT2D eigenvalue weighted by Crippen LogP contribution is -2.08. The molecule has 0 radical (unpaired) electrons. The average molecular weight is 217 g/mol. The van der Waals surface area contributed by atoms with Gasteiger partial charge in [0.1, 0.15) is 12.4 Å². The molecule has 0 aromatic carbocycles. The van der Waals surface area contributed by atoms with Crippen LogP contribution in [0.4, 0.5) is 5.69 Å². The fourth-order valence-corrected chi connectivity index (χ4v) is 1.46. The van der Waals surface area contributed by atoms with Crippen molar-refractivity contribution in [3.8, 4) is 11.9 Å². The third kappa shape index (κ3) is 1.40. The van der Waals surface area contributed by atoms with Gasteiger partial charge in [0.15, 0.2) is 5.82 Å². The van der Waals surface area contributed by atoms with Crippen LogP contribution in [0.5, 0.6) is 0 Å². The zero-order chi connectivity index (χ0) is 11.7. The van der Waals surface area contributed by atoms with Crippen molar-refractivity contribution in [1.82, 2.24) is 24.5 Å². The van der Waals surface area contributed by atoms with Crippen molar-refractivity contribution in [3.63, 3.8) is 0 Å². The topological polar surface area (TPSA) is 98.3 Å². The zero-order valence-electron chi connectivity index (χ0n) is 9.05. The third-order valence-corrected chi connectivity index (χ3v) is 2.25. The summed E-state index contributed by atoms with van der Waals surface area (Å²) < 4.78 is 3.19. The van der Waals surface area contributed by atoms with Crippen molar-refractivity contribution in [2.24, 2.45) is 0 Å². The van der Waals surface area contributed by atoms with Crippen molar-refractivity contribution in [2.75, 3.05) is 5.73 Å². The van der Waals surface area contributed by atoms with Gasteiger partial charge in [0.2, 0.25) is 0 Å². The van der Waals surface area contributed by atoms with E-state index in [9.17, 15) is 0 Å². The number of aromatic nitrogens is 5. The molecular formula is C9H11N7. The zero-order valence-corrected chi connectivity index (χ0v) is 9.05. The first kappa shape index (κ1) is 10.2. The van der Waals surface area contributed by atoms with Gasteiger partial charge in [-0.05, 0) is 13.8 Å². The average Bonchev–Trinajstić information content (AvgIpc) is 2.85. The molecule has 2 N–H and O–H groups in total. The molecule has 7 nitrogen and oxygen atoms in total. The minimum atomic E-state index is 0.112. The van der Waals surface area contributed by atoms with Gasteiger partial charge in [-0.1, -0.05) is 0 Å². The molecule has 0 fully saturated rings. The molecule has 0 bridgehead atoms. The molecule has 2 aromatic heterocycles. The molecule has 0 aliphatic heterocycles. The molecule has 2 aromatic rings. The van der Waals surface area contributed by atoms with Gasteiger partial charge in [-0.15, -0.1) is 5.10 Å². The van der Waals surface area contributed by atoms with E-state index in [0.717, 1.165) is 5.69 Å². The van der Waals surface area contributed by atoms with Gasteiger partial charge >= 0.3 is 0 Å². The monoisotopic (exact) mass is 217 g/mol. The van der Waals surface area contributed by atoms with Crippen molar-refractivity contribution >= 4 is 5.69 Å². The summed E-state index contributed by atoms with van der Waals surface area (Å²) in [5.74, 6) is 0.759. The summed E-state index contributed by atoms with van der Waals surface area (Å²) in [5, 5.41) is 16.9. The standard InChI is InChI=1S/C9H11N7/c1-3-15-9(8(11)6(2)13-15)16-5-12-7(4-10)14-16/h5H,3,11H2,1-2H3. The number of rotatable bonds is 2. The van der Waals surface area contributed by atoms with Crippen LogP contribution in [-0.2, 0) is 6.54 Å². The number of hydrogen-bond acceptors (Lipinski definition) is 5. The van der Waals surface area contributed by atoms with Crippen LogP contribution < -0.4 is 5.73 Å². The van der Waals surface area contributed by atoms with E-state index in [1.54, 1.807) is 4.68 Å². The summed E-state index contributed by atoms with van der Waals surface area (Å²) in [6.07, 6.45) is 1.46. The molecule has 0 amide bonds. The normalized spacial score (nSPS) is 10.3. The lowest BCUT2D eigenvalue weighted by Gasteiger charge is -2.03. The first-order valence-corrected chi connectivity index (χ1v) is 4.82. The minimum Gasteiger partial charge on any atom is -0.394 e. The molecule has 2 heterocycles. The van der Waals surface area contributed by atoms with Gasteiger partial charge in [0.05, 0.1) is 11.4 Å². The lowest BCUT2D eigenvalue weighted by atomic mass is 10.4. The quantitative estimate of drug-likeness (QED) is 0.777.